The van der Waals surface area contributed by atoms with E-state index in [1.807, 2.05) is 20.8 Å². The first-order valence-corrected chi connectivity index (χ1v) is 5.58. The van der Waals surface area contributed by atoms with Gasteiger partial charge >= 0.3 is 6.18 Å². The van der Waals surface area contributed by atoms with E-state index in [1.54, 1.807) is 0 Å². The van der Waals surface area contributed by atoms with Gasteiger partial charge in [0, 0.05) is 11.5 Å². The Morgan fingerprint density at radius 1 is 1.24 bits per heavy atom. The molecule has 0 saturated carbocycles. The second-order valence-electron chi connectivity index (χ2n) is 5.08. The van der Waals surface area contributed by atoms with Crippen LogP contribution in [0.3, 0.4) is 0 Å². The normalized spacial score (nSPS) is 15.1. The third-order valence-electron chi connectivity index (χ3n) is 2.29. The van der Waals surface area contributed by atoms with Gasteiger partial charge in [0.25, 0.3) is 0 Å². The smallest absolute Gasteiger partial charge is 0.298 e. The maximum atomic E-state index is 12.4. The summed E-state index contributed by atoms with van der Waals surface area (Å²) in [7, 11) is 0. The molecule has 1 unspecified atom stereocenters. The number of halogens is 4. The van der Waals surface area contributed by atoms with Crippen LogP contribution in [0.5, 0.6) is 0 Å². The van der Waals surface area contributed by atoms with Crippen molar-refractivity contribution in [2.45, 2.75) is 51.7 Å². The Bertz CT molecular complexity index is 392. The number of hydrogen-bond donors (Lipinski definition) is 0. The lowest BCUT2D eigenvalue weighted by Crippen LogP contribution is -2.24. The lowest BCUT2D eigenvalue weighted by molar-refractivity contribution is -0.141. The molecule has 17 heavy (non-hydrogen) atoms. The molecule has 1 aromatic rings. The zero-order chi connectivity index (χ0) is 13.4. The van der Waals surface area contributed by atoms with Gasteiger partial charge < -0.3 is 0 Å². The van der Waals surface area contributed by atoms with Crippen molar-refractivity contribution in [3.63, 3.8) is 0 Å². The first kappa shape index (κ1) is 14.3. The Hall–Kier alpha value is -0.780. The monoisotopic (exact) mass is 269 g/mol. The summed E-state index contributed by atoms with van der Waals surface area (Å²) in [6.07, 6.45) is -5.18. The van der Waals surface area contributed by atoms with Crippen LogP contribution in [-0.4, -0.2) is 20.9 Å². The van der Waals surface area contributed by atoms with Crippen LogP contribution in [-0.2, 0) is 5.41 Å². The first-order valence-electron chi connectivity index (χ1n) is 5.20. The minimum absolute atomic E-state index is 0.00771. The predicted octanol–water partition coefficient (Wildman–Crippen LogP) is 3.74. The second-order valence-corrected chi connectivity index (χ2v) is 5.42. The number of nitrogens with zero attached hydrogens (tertiary/aromatic N) is 3. The Morgan fingerprint density at radius 3 is 2.18 bits per heavy atom. The van der Waals surface area contributed by atoms with Crippen molar-refractivity contribution in [3.05, 3.63) is 11.1 Å². The first-order chi connectivity index (χ1) is 7.52. The van der Waals surface area contributed by atoms with E-state index in [0.29, 0.717) is 5.82 Å². The van der Waals surface area contributed by atoms with Crippen LogP contribution >= 0.6 is 11.6 Å². The molecule has 3 nitrogen and oxygen atoms in total. The van der Waals surface area contributed by atoms with Crippen molar-refractivity contribution < 1.29 is 13.2 Å². The topological polar surface area (TPSA) is 30.7 Å². The molecular formula is C10H15ClF3N3. The Labute approximate surface area is 103 Å². The van der Waals surface area contributed by atoms with Crippen molar-refractivity contribution in [2.75, 3.05) is 0 Å². The van der Waals surface area contributed by atoms with Crippen molar-refractivity contribution >= 4 is 11.6 Å². The number of alkyl halides is 3. The van der Waals surface area contributed by atoms with Gasteiger partial charge in [0.15, 0.2) is 0 Å². The second kappa shape index (κ2) is 4.48. The van der Waals surface area contributed by atoms with E-state index in [-0.39, 0.29) is 5.28 Å². The highest BCUT2D eigenvalue weighted by molar-refractivity contribution is 6.28. The maximum Gasteiger partial charge on any atom is 0.391 e. The van der Waals surface area contributed by atoms with Gasteiger partial charge in [0.1, 0.15) is 5.82 Å². The summed E-state index contributed by atoms with van der Waals surface area (Å²) >= 11 is 5.80. The van der Waals surface area contributed by atoms with Crippen LogP contribution < -0.4 is 0 Å². The molecule has 1 atom stereocenters. The minimum Gasteiger partial charge on any atom is -0.298 e. The maximum absolute atomic E-state index is 12.4. The van der Waals surface area contributed by atoms with Crippen molar-refractivity contribution in [2.24, 2.45) is 0 Å². The highest BCUT2D eigenvalue weighted by Gasteiger charge is 2.34. The summed E-state index contributed by atoms with van der Waals surface area (Å²) < 4.78 is 38.4. The molecule has 7 heteroatoms. The van der Waals surface area contributed by atoms with E-state index in [4.69, 9.17) is 11.6 Å². The fourth-order valence-electron chi connectivity index (χ4n) is 1.60. The number of hydrogen-bond acceptors (Lipinski definition) is 2. The van der Waals surface area contributed by atoms with Crippen molar-refractivity contribution in [1.29, 1.82) is 0 Å². The van der Waals surface area contributed by atoms with Gasteiger partial charge in [-0.25, -0.2) is 0 Å². The predicted molar refractivity (Wildman–Crippen MR) is 59.1 cm³/mol. The summed E-state index contributed by atoms with van der Waals surface area (Å²) in [4.78, 5) is 0. The van der Waals surface area contributed by atoms with E-state index in [2.05, 4.69) is 10.2 Å². The fourth-order valence-corrected chi connectivity index (χ4v) is 1.89. The van der Waals surface area contributed by atoms with Gasteiger partial charge in [-0.2, -0.15) is 13.2 Å². The number of rotatable bonds is 2. The van der Waals surface area contributed by atoms with Crippen LogP contribution in [0, 0.1) is 0 Å². The highest BCUT2D eigenvalue weighted by atomic mass is 35.5. The SMILES string of the molecule is CC(CC(F)(F)F)n1c(Cl)nnc1C(C)(C)C. The molecule has 0 fully saturated rings. The Morgan fingerprint density at radius 2 is 1.76 bits per heavy atom. The molecule has 0 amide bonds. The summed E-state index contributed by atoms with van der Waals surface area (Å²) in [6.45, 7) is 7.01. The molecule has 0 saturated heterocycles. The fraction of sp³-hybridized carbons (Fsp3) is 0.800. The van der Waals surface area contributed by atoms with Gasteiger partial charge in [-0.15, -0.1) is 10.2 Å². The molecule has 0 radical (unpaired) electrons. The Kier molecular flexibility index (Phi) is 3.76. The van der Waals surface area contributed by atoms with Crippen LogP contribution in [0.1, 0.15) is 46.0 Å². The summed E-state index contributed by atoms with van der Waals surface area (Å²) in [5.74, 6) is 0.458. The van der Waals surface area contributed by atoms with Crippen molar-refractivity contribution in [3.8, 4) is 0 Å². The van der Waals surface area contributed by atoms with Gasteiger partial charge in [-0.3, -0.25) is 4.57 Å². The average molecular weight is 270 g/mol. The minimum atomic E-state index is -4.23. The van der Waals surface area contributed by atoms with E-state index < -0.39 is 24.1 Å². The summed E-state index contributed by atoms with van der Waals surface area (Å²) in [5, 5.41) is 7.49. The third kappa shape index (κ3) is 3.59. The van der Waals surface area contributed by atoms with E-state index in [9.17, 15) is 13.2 Å². The average Bonchev–Trinajstić information content (AvgIpc) is 2.42. The quantitative estimate of drug-likeness (QED) is 0.819. The lowest BCUT2D eigenvalue weighted by atomic mass is 9.95. The molecule has 0 aliphatic heterocycles. The zero-order valence-corrected chi connectivity index (χ0v) is 10.9. The lowest BCUT2D eigenvalue weighted by Gasteiger charge is -2.23. The molecule has 0 aliphatic carbocycles. The zero-order valence-electron chi connectivity index (χ0n) is 10.1. The largest absolute Gasteiger partial charge is 0.391 e. The molecule has 0 aliphatic rings. The Balaban J connectivity index is 3.09. The molecular weight excluding hydrogens is 255 g/mol. The molecule has 0 aromatic carbocycles. The summed E-state index contributed by atoms with van der Waals surface area (Å²) in [6, 6.07) is -0.813. The van der Waals surface area contributed by atoms with Crippen molar-refractivity contribution in [1.82, 2.24) is 14.8 Å². The van der Waals surface area contributed by atoms with Crippen LogP contribution in [0.4, 0.5) is 13.2 Å². The highest BCUT2D eigenvalue weighted by Crippen LogP contribution is 2.32. The van der Waals surface area contributed by atoms with E-state index in [0.717, 1.165) is 0 Å². The van der Waals surface area contributed by atoms with Gasteiger partial charge in [-0.1, -0.05) is 20.8 Å². The third-order valence-corrected chi connectivity index (χ3v) is 2.55. The number of aromatic nitrogens is 3. The van der Waals surface area contributed by atoms with Gasteiger partial charge in [0.2, 0.25) is 5.28 Å². The van der Waals surface area contributed by atoms with E-state index >= 15 is 0 Å². The summed E-state index contributed by atoms with van der Waals surface area (Å²) in [5.41, 5.74) is -0.403. The molecule has 0 spiro atoms. The standard InChI is InChI=1S/C10H15ClF3N3/c1-6(5-10(12,13)14)17-7(9(2,3)4)15-16-8(17)11/h6H,5H2,1-4H3. The van der Waals surface area contributed by atoms with E-state index in [1.165, 1.54) is 11.5 Å². The van der Waals surface area contributed by atoms with Gasteiger partial charge in [-0.05, 0) is 18.5 Å². The van der Waals surface area contributed by atoms with Gasteiger partial charge in [0.05, 0.1) is 6.42 Å². The molecule has 1 aromatic heterocycles. The molecule has 0 bridgehead atoms. The van der Waals surface area contributed by atoms with Crippen LogP contribution in [0.2, 0.25) is 5.28 Å². The molecule has 1 heterocycles. The van der Waals surface area contributed by atoms with Crippen LogP contribution in [0.25, 0.3) is 0 Å². The molecule has 98 valence electrons. The molecule has 1 rings (SSSR count). The molecule has 0 N–H and O–H groups in total. The van der Waals surface area contributed by atoms with Crippen LogP contribution in [0.15, 0.2) is 0 Å².